The fourth-order valence-electron chi connectivity index (χ4n) is 2.32. The number of benzene rings is 2. The molecule has 2 amide bonds. The van der Waals surface area contributed by atoms with Crippen LogP contribution in [0.4, 0.5) is 5.69 Å². The minimum absolute atomic E-state index is 0.00410. The van der Waals surface area contributed by atoms with Crippen LogP contribution in [0.3, 0.4) is 0 Å². The fraction of sp³-hybridized carbons (Fsp3) is 0.250. The topological polar surface area (TPSA) is 89.0 Å². The normalized spacial score (nSPS) is 10.7. The van der Waals surface area contributed by atoms with E-state index >= 15 is 0 Å². The van der Waals surface area contributed by atoms with Crippen LogP contribution in [0.5, 0.6) is 11.5 Å². The van der Waals surface area contributed by atoms with Gasteiger partial charge >= 0.3 is 0 Å². The Morgan fingerprint density at radius 3 is 2.41 bits per heavy atom. The summed E-state index contributed by atoms with van der Waals surface area (Å²) in [5, 5.41) is 7.19. The summed E-state index contributed by atoms with van der Waals surface area (Å²) in [6, 6.07) is 8.69. The number of carbonyl (C=O) groups is 2. The number of methoxy groups -OCH3 is 2. The van der Waals surface area contributed by atoms with Gasteiger partial charge in [-0.3, -0.25) is 9.59 Å². The second-order valence-corrected chi connectivity index (χ2v) is 7.30. The Morgan fingerprint density at radius 1 is 1.10 bits per heavy atom. The van der Waals surface area contributed by atoms with E-state index in [0.29, 0.717) is 27.8 Å². The van der Waals surface area contributed by atoms with Crippen LogP contribution in [-0.4, -0.2) is 32.2 Å². The Hall–Kier alpha value is -2.58. The van der Waals surface area contributed by atoms with Gasteiger partial charge in [0, 0.05) is 33.6 Å². The molecule has 29 heavy (non-hydrogen) atoms. The molecule has 0 aliphatic rings. The molecule has 2 rings (SSSR count). The van der Waals surface area contributed by atoms with Gasteiger partial charge < -0.3 is 14.8 Å². The third-order valence-corrected chi connectivity index (χ3v) is 5.02. The van der Waals surface area contributed by atoms with Gasteiger partial charge in [-0.05, 0) is 52.7 Å². The van der Waals surface area contributed by atoms with E-state index in [0.717, 1.165) is 10.0 Å². The van der Waals surface area contributed by atoms with Crippen LogP contribution in [-0.2, 0) is 9.59 Å². The van der Waals surface area contributed by atoms with Crippen LogP contribution in [0.2, 0.25) is 5.02 Å². The van der Waals surface area contributed by atoms with E-state index in [4.69, 9.17) is 21.1 Å². The molecule has 0 saturated carbocycles. The molecule has 0 aromatic heterocycles. The first-order valence-electron chi connectivity index (χ1n) is 8.63. The van der Waals surface area contributed by atoms with Crippen molar-refractivity contribution in [3.8, 4) is 11.5 Å². The molecule has 0 bridgehead atoms. The van der Waals surface area contributed by atoms with Crippen molar-refractivity contribution in [2.75, 3.05) is 19.5 Å². The molecule has 0 saturated heterocycles. The van der Waals surface area contributed by atoms with Crippen LogP contribution >= 0.6 is 27.5 Å². The molecule has 0 fully saturated rings. The van der Waals surface area contributed by atoms with Gasteiger partial charge in [0.1, 0.15) is 0 Å². The zero-order chi connectivity index (χ0) is 21.4. The number of hydrogen-bond donors (Lipinski definition) is 2. The highest BCUT2D eigenvalue weighted by Crippen LogP contribution is 2.32. The van der Waals surface area contributed by atoms with Crippen LogP contribution in [0, 0.1) is 6.92 Å². The molecule has 0 heterocycles. The number of amides is 2. The number of hydrazone groups is 1. The number of nitrogens with one attached hydrogen (secondary N) is 2. The molecule has 7 nitrogen and oxygen atoms in total. The Balaban J connectivity index is 1.85. The van der Waals surface area contributed by atoms with E-state index < -0.39 is 0 Å². The summed E-state index contributed by atoms with van der Waals surface area (Å²) < 4.78 is 11.2. The SMILES string of the molecule is COc1cc(Br)c(C=NNC(=O)CCC(=O)Nc2ccc(C)c(Cl)c2)cc1OC. The maximum Gasteiger partial charge on any atom is 0.240 e. The van der Waals surface area contributed by atoms with Crippen molar-refractivity contribution in [3.63, 3.8) is 0 Å². The monoisotopic (exact) mass is 481 g/mol. The molecule has 9 heteroatoms. The maximum atomic E-state index is 12.0. The van der Waals surface area contributed by atoms with Crippen LogP contribution in [0.1, 0.15) is 24.0 Å². The smallest absolute Gasteiger partial charge is 0.240 e. The Kier molecular flexibility index (Phi) is 8.48. The first-order valence-corrected chi connectivity index (χ1v) is 9.80. The summed E-state index contributed by atoms with van der Waals surface area (Å²) in [6.45, 7) is 1.87. The maximum absolute atomic E-state index is 12.0. The van der Waals surface area contributed by atoms with Gasteiger partial charge in [0.2, 0.25) is 11.8 Å². The predicted octanol–water partition coefficient (Wildman–Crippen LogP) is 4.30. The molecule has 0 aliphatic heterocycles. The third-order valence-electron chi connectivity index (χ3n) is 3.93. The Labute approximate surface area is 182 Å². The number of halogens is 2. The van der Waals surface area contributed by atoms with Crippen molar-refractivity contribution in [1.29, 1.82) is 0 Å². The number of hydrogen-bond acceptors (Lipinski definition) is 5. The number of aryl methyl sites for hydroxylation is 1. The minimum atomic E-state index is -0.380. The second-order valence-electron chi connectivity index (χ2n) is 6.03. The molecule has 0 unspecified atom stereocenters. The van der Waals surface area contributed by atoms with E-state index in [1.807, 2.05) is 13.0 Å². The number of carbonyl (C=O) groups excluding carboxylic acids is 2. The van der Waals surface area contributed by atoms with Crippen LogP contribution in [0.15, 0.2) is 39.9 Å². The first-order chi connectivity index (χ1) is 13.8. The quantitative estimate of drug-likeness (QED) is 0.434. The van der Waals surface area contributed by atoms with Crippen molar-refractivity contribution in [1.82, 2.24) is 5.43 Å². The Bertz CT molecular complexity index is 934. The highest BCUT2D eigenvalue weighted by atomic mass is 79.9. The zero-order valence-corrected chi connectivity index (χ0v) is 18.6. The van der Waals surface area contributed by atoms with Gasteiger partial charge in [-0.15, -0.1) is 0 Å². The summed E-state index contributed by atoms with van der Waals surface area (Å²) >= 11 is 9.44. The summed E-state index contributed by atoms with van der Waals surface area (Å²) in [6.07, 6.45) is 1.49. The lowest BCUT2D eigenvalue weighted by molar-refractivity contribution is -0.124. The predicted molar refractivity (Wildman–Crippen MR) is 117 cm³/mol. The second kappa shape index (κ2) is 10.8. The lowest BCUT2D eigenvalue weighted by Gasteiger charge is -2.09. The zero-order valence-electron chi connectivity index (χ0n) is 16.2. The van der Waals surface area contributed by atoms with Crippen molar-refractivity contribution in [2.24, 2.45) is 5.10 Å². The molecule has 2 aromatic carbocycles. The fourth-order valence-corrected chi connectivity index (χ4v) is 2.93. The van der Waals surface area contributed by atoms with E-state index in [-0.39, 0.29) is 24.7 Å². The molecular weight excluding hydrogens is 462 g/mol. The van der Waals surface area contributed by atoms with E-state index in [1.165, 1.54) is 13.3 Å². The summed E-state index contributed by atoms with van der Waals surface area (Å²) in [5.41, 5.74) is 4.59. The van der Waals surface area contributed by atoms with Gasteiger partial charge in [0.05, 0.1) is 20.4 Å². The van der Waals surface area contributed by atoms with Crippen molar-refractivity contribution in [2.45, 2.75) is 19.8 Å². The summed E-state index contributed by atoms with van der Waals surface area (Å²) in [4.78, 5) is 23.9. The number of nitrogens with zero attached hydrogens (tertiary/aromatic N) is 1. The van der Waals surface area contributed by atoms with Crippen LogP contribution in [0.25, 0.3) is 0 Å². The third kappa shape index (κ3) is 6.76. The van der Waals surface area contributed by atoms with Gasteiger partial charge in [-0.2, -0.15) is 5.10 Å². The number of ether oxygens (including phenoxy) is 2. The molecule has 0 atom stereocenters. The van der Waals surface area contributed by atoms with E-state index in [2.05, 4.69) is 31.8 Å². The average Bonchev–Trinajstić information content (AvgIpc) is 2.70. The van der Waals surface area contributed by atoms with Crippen molar-refractivity contribution in [3.05, 3.63) is 51.0 Å². The lowest BCUT2D eigenvalue weighted by atomic mass is 10.2. The molecule has 154 valence electrons. The molecule has 0 spiro atoms. The molecule has 0 aliphatic carbocycles. The number of anilines is 1. The van der Waals surface area contributed by atoms with Gasteiger partial charge in [0.15, 0.2) is 11.5 Å². The van der Waals surface area contributed by atoms with Crippen LogP contribution < -0.4 is 20.2 Å². The standard InChI is InChI=1S/C20H21BrClN3O4/c1-12-4-5-14(9-16(12)22)24-19(26)6-7-20(27)25-23-11-13-8-17(28-2)18(29-3)10-15(13)21/h4-5,8-11H,6-7H2,1-3H3,(H,24,26)(H,25,27). The summed E-state index contributed by atoms with van der Waals surface area (Å²) in [7, 11) is 3.08. The number of rotatable bonds is 8. The van der Waals surface area contributed by atoms with Crippen molar-refractivity contribution < 1.29 is 19.1 Å². The summed E-state index contributed by atoms with van der Waals surface area (Å²) in [5.74, 6) is 0.444. The van der Waals surface area contributed by atoms with E-state index in [9.17, 15) is 9.59 Å². The highest BCUT2D eigenvalue weighted by molar-refractivity contribution is 9.10. The van der Waals surface area contributed by atoms with Gasteiger partial charge in [-0.25, -0.2) is 5.43 Å². The molecular formula is C20H21BrClN3O4. The first kappa shape index (κ1) is 22.7. The molecule has 0 radical (unpaired) electrons. The largest absolute Gasteiger partial charge is 0.493 e. The molecule has 2 N–H and O–H groups in total. The van der Waals surface area contributed by atoms with Gasteiger partial charge in [-0.1, -0.05) is 17.7 Å². The highest BCUT2D eigenvalue weighted by Gasteiger charge is 2.09. The molecule has 2 aromatic rings. The van der Waals surface area contributed by atoms with E-state index in [1.54, 1.807) is 31.4 Å². The van der Waals surface area contributed by atoms with Gasteiger partial charge in [0.25, 0.3) is 0 Å². The van der Waals surface area contributed by atoms with Crippen molar-refractivity contribution >= 4 is 51.2 Å². The lowest BCUT2D eigenvalue weighted by Crippen LogP contribution is -2.20. The average molecular weight is 483 g/mol. The minimum Gasteiger partial charge on any atom is -0.493 e. The Morgan fingerprint density at radius 2 is 1.76 bits per heavy atom.